The van der Waals surface area contributed by atoms with Crippen LogP contribution in [0.2, 0.25) is 0 Å². The van der Waals surface area contributed by atoms with Crippen LogP contribution >= 0.6 is 15.9 Å². The van der Waals surface area contributed by atoms with E-state index in [1.165, 1.54) is 6.20 Å². The number of carbonyl (C=O) groups is 2. The lowest BCUT2D eigenvalue weighted by atomic mass is 10.1. The highest BCUT2D eigenvalue weighted by Gasteiger charge is 2.17. The predicted octanol–water partition coefficient (Wildman–Crippen LogP) is 4.12. The first-order valence-electron chi connectivity index (χ1n) is 8.82. The molecule has 1 aromatic heterocycles. The Morgan fingerprint density at radius 3 is 2.38 bits per heavy atom. The molecule has 4 rings (SSSR count). The fraction of sp³-hybridized carbons (Fsp3) is 0.0952. The maximum Gasteiger partial charge on any atom is 0.257 e. The lowest BCUT2D eigenvalue weighted by molar-refractivity contribution is 0.101. The molecular weight excluding hydrogens is 438 g/mol. The Kier molecular flexibility index (Phi) is 5.44. The largest absolute Gasteiger partial charge is 0.486 e. The van der Waals surface area contributed by atoms with Crippen LogP contribution in [0.1, 0.15) is 20.7 Å². The average molecular weight is 454 g/mol. The molecule has 2 amide bonds. The minimum absolute atomic E-state index is 0.301. The molecule has 0 atom stereocenters. The van der Waals surface area contributed by atoms with Crippen molar-refractivity contribution in [2.24, 2.45) is 0 Å². The maximum atomic E-state index is 12.7. The third-order valence-electron chi connectivity index (χ3n) is 4.19. The van der Waals surface area contributed by atoms with Gasteiger partial charge in [0.1, 0.15) is 13.2 Å². The van der Waals surface area contributed by atoms with Crippen LogP contribution in [-0.4, -0.2) is 30.0 Å². The molecule has 0 fully saturated rings. The summed E-state index contributed by atoms with van der Waals surface area (Å²) in [6.45, 7) is 0.948. The molecule has 2 N–H and O–H groups in total. The van der Waals surface area contributed by atoms with E-state index in [1.807, 2.05) is 0 Å². The minimum Gasteiger partial charge on any atom is -0.486 e. The molecule has 0 bridgehead atoms. The number of aromatic nitrogens is 1. The van der Waals surface area contributed by atoms with E-state index in [4.69, 9.17) is 9.47 Å². The van der Waals surface area contributed by atoms with Gasteiger partial charge < -0.3 is 20.1 Å². The fourth-order valence-electron chi connectivity index (χ4n) is 2.79. The normalized spacial score (nSPS) is 12.2. The molecule has 2 heterocycles. The molecule has 0 saturated carbocycles. The van der Waals surface area contributed by atoms with Crippen LogP contribution in [0.4, 0.5) is 11.4 Å². The quantitative estimate of drug-likeness (QED) is 0.619. The summed E-state index contributed by atoms with van der Waals surface area (Å²) in [7, 11) is 0. The summed E-state index contributed by atoms with van der Waals surface area (Å²) in [6.07, 6.45) is 3.07. The van der Waals surface area contributed by atoms with Gasteiger partial charge in [0.15, 0.2) is 11.5 Å². The number of hydrogen-bond acceptors (Lipinski definition) is 5. The highest BCUT2D eigenvalue weighted by molar-refractivity contribution is 9.10. The molecule has 0 radical (unpaired) electrons. The topological polar surface area (TPSA) is 89.6 Å². The summed E-state index contributed by atoms with van der Waals surface area (Å²) >= 11 is 3.44. The first kappa shape index (κ1) is 18.9. The Morgan fingerprint density at radius 1 is 0.897 bits per heavy atom. The zero-order chi connectivity index (χ0) is 20.2. The molecular formula is C21H16BrN3O4. The molecule has 1 aliphatic rings. The van der Waals surface area contributed by atoms with Gasteiger partial charge in [-0.1, -0.05) is 6.07 Å². The second-order valence-electron chi connectivity index (χ2n) is 6.21. The number of nitrogens with zero attached hydrogens (tertiary/aromatic N) is 1. The highest BCUT2D eigenvalue weighted by Crippen LogP contribution is 2.38. The zero-order valence-electron chi connectivity index (χ0n) is 15.1. The lowest BCUT2D eigenvalue weighted by Gasteiger charge is -2.20. The van der Waals surface area contributed by atoms with Crippen LogP contribution in [0.3, 0.4) is 0 Å². The molecule has 146 valence electrons. The van der Waals surface area contributed by atoms with Crippen molar-refractivity contribution in [1.29, 1.82) is 0 Å². The van der Waals surface area contributed by atoms with E-state index in [0.717, 1.165) is 0 Å². The van der Waals surface area contributed by atoms with Gasteiger partial charge in [-0.05, 0) is 46.3 Å². The number of nitrogens with one attached hydrogen (secondary N) is 2. The first-order chi connectivity index (χ1) is 14.1. The van der Waals surface area contributed by atoms with Crippen LogP contribution in [0.5, 0.6) is 11.5 Å². The standard InChI is InChI=1S/C21H16BrN3O4/c22-16-10-18-19(29-8-7-28-18)11-17(16)25-20(26)13-3-1-5-15(9-13)24-21(27)14-4-2-6-23-12-14/h1-6,9-12H,7-8H2,(H,24,27)(H,25,26). The number of benzene rings is 2. The first-order valence-corrected chi connectivity index (χ1v) is 9.61. The molecule has 8 heteroatoms. The van der Waals surface area contributed by atoms with Crippen molar-refractivity contribution in [3.8, 4) is 11.5 Å². The van der Waals surface area contributed by atoms with Gasteiger partial charge in [-0.15, -0.1) is 0 Å². The van der Waals surface area contributed by atoms with Crippen LogP contribution in [0.25, 0.3) is 0 Å². The Labute approximate surface area is 175 Å². The van der Waals surface area contributed by atoms with E-state index in [1.54, 1.807) is 54.7 Å². The molecule has 0 spiro atoms. The number of halogens is 1. The Bertz CT molecular complexity index is 1070. The summed E-state index contributed by atoms with van der Waals surface area (Å²) < 4.78 is 11.8. The number of amides is 2. The van der Waals surface area contributed by atoms with E-state index in [2.05, 4.69) is 31.5 Å². The van der Waals surface area contributed by atoms with Gasteiger partial charge in [-0.25, -0.2) is 0 Å². The van der Waals surface area contributed by atoms with E-state index < -0.39 is 0 Å². The second kappa shape index (κ2) is 8.32. The van der Waals surface area contributed by atoms with Crippen LogP contribution in [0, 0.1) is 0 Å². The summed E-state index contributed by atoms with van der Waals surface area (Å²) in [6, 6.07) is 13.5. The monoisotopic (exact) mass is 453 g/mol. The van der Waals surface area contributed by atoms with Gasteiger partial charge in [0.05, 0.1) is 11.3 Å². The lowest BCUT2D eigenvalue weighted by Crippen LogP contribution is -2.17. The third-order valence-corrected chi connectivity index (χ3v) is 4.84. The second-order valence-corrected chi connectivity index (χ2v) is 7.06. The van der Waals surface area contributed by atoms with Crippen LogP contribution in [0.15, 0.2) is 65.4 Å². The van der Waals surface area contributed by atoms with Gasteiger partial charge in [0.25, 0.3) is 11.8 Å². The molecule has 29 heavy (non-hydrogen) atoms. The van der Waals surface area contributed by atoms with Crippen molar-refractivity contribution in [2.75, 3.05) is 23.8 Å². The van der Waals surface area contributed by atoms with E-state index >= 15 is 0 Å². The Balaban J connectivity index is 1.50. The van der Waals surface area contributed by atoms with E-state index in [-0.39, 0.29) is 11.8 Å². The molecule has 0 unspecified atom stereocenters. The highest BCUT2D eigenvalue weighted by atomic mass is 79.9. The summed E-state index contributed by atoms with van der Waals surface area (Å²) in [5.74, 6) is 0.582. The molecule has 1 aliphatic heterocycles. The van der Waals surface area contributed by atoms with Gasteiger partial charge in [-0.2, -0.15) is 0 Å². The van der Waals surface area contributed by atoms with Crippen molar-refractivity contribution in [2.45, 2.75) is 0 Å². The predicted molar refractivity (Wildman–Crippen MR) is 112 cm³/mol. The van der Waals surface area contributed by atoms with Gasteiger partial charge in [0.2, 0.25) is 0 Å². The summed E-state index contributed by atoms with van der Waals surface area (Å²) in [5, 5.41) is 5.61. The van der Waals surface area contributed by atoms with Gasteiger partial charge in [0, 0.05) is 40.2 Å². The zero-order valence-corrected chi connectivity index (χ0v) is 16.7. The Hall–Kier alpha value is -3.39. The maximum absolute atomic E-state index is 12.7. The molecule has 3 aromatic rings. The van der Waals surface area contributed by atoms with Crippen LogP contribution < -0.4 is 20.1 Å². The third kappa shape index (κ3) is 4.38. The number of carbonyl (C=O) groups excluding carboxylic acids is 2. The minimum atomic E-state index is -0.320. The smallest absolute Gasteiger partial charge is 0.257 e. The van der Waals surface area contributed by atoms with Gasteiger partial charge in [-0.3, -0.25) is 14.6 Å². The number of rotatable bonds is 4. The number of anilines is 2. The summed E-state index contributed by atoms with van der Waals surface area (Å²) in [4.78, 5) is 28.9. The average Bonchev–Trinajstić information content (AvgIpc) is 2.75. The van der Waals surface area contributed by atoms with E-state index in [0.29, 0.717) is 51.7 Å². The van der Waals surface area contributed by atoms with E-state index in [9.17, 15) is 9.59 Å². The van der Waals surface area contributed by atoms with Crippen LogP contribution in [-0.2, 0) is 0 Å². The Morgan fingerprint density at radius 2 is 1.62 bits per heavy atom. The van der Waals surface area contributed by atoms with Crippen molar-refractivity contribution in [3.63, 3.8) is 0 Å². The summed E-state index contributed by atoms with van der Waals surface area (Å²) in [5.41, 5.74) is 1.90. The fourth-order valence-corrected chi connectivity index (χ4v) is 3.21. The molecule has 7 nitrogen and oxygen atoms in total. The number of ether oxygens (including phenoxy) is 2. The van der Waals surface area contributed by atoms with Crippen molar-refractivity contribution >= 4 is 39.1 Å². The number of pyridine rings is 1. The molecule has 2 aromatic carbocycles. The van der Waals surface area contributed by atoms with Gasteiger partial charge >= 0.3 is 0 Å². The molecule has 0 aliphatic carbocycles. The van der Waals surface area contributed by atoms with Crippen molar-refractivity contribution in [1.82, 2.24) is 4.98 Å². The SMILES string of the molecule is O=C(Nc1cccc(C(=O)Nc2cc3c(cc2Br)OCCO3)c1)c1cccnc1. The van der Waals surface area contributed by atoms with Crippen molar-refractivity contribution < 1.29 is 19.1 Å². The number of fused-ring (bicyclic) bond motifs is 1. The number of hydrogen-bond donors (Lipinski definition) is 2. The molecule has 0 saturated heterocycles. The van der Waals surface area contributed by atoms with Crippen molar-refractivity contribution in [3.05, 3.63) is 76.5 Å².